The van der Waals surface area contributed by atoms with E-state index in [-0.39, 0.29) is 16.7 Å². The maximum atomic E-state index is 14.6. The van der Waals surface area contributed by atoms with Gasteiger partial charge in [0, 0.05) is 17.3 Å². The lowest BCUT2D eigenvalue weighted by atomic mass is 9.85. The van der Waals surface area contributed by atoms with Crippen molar-refractivity contribution < 1.29 is 27.6 Å². The third-order valence-corrected chi connectivity index (χ3v) is 6.42. The number of amides is 2. The molecule has 0 saturated heterocycles. The molecule has 0 spiro atoms. The van der Waals surface area contributed by atoms with Crippen LogP contribution in [-0.4, -0.2) is 40.3 Å². The summed E-state index contributed by atoms with van der Waals surface area (Å²) < 4.78 is 43.7. The van der Waals surface area contributed by atoms with E-state index in [4.69, 9.17) is 0 Å². The van der Waals surface area contributed by atoms with Gasteiger partial charge in [0.1, 0.15) is 0 Å². The zero-order valence-electron chi connectivity index (χ0n) is 19.0. The molecule has 1 aliphatic heterocycles. The van der Waals surface area contributed by atoms with Gasteiger partial charge in [-0.05, 0) is 49.8 Å². The fourth-order valence-electron chi connectivity index (χ4n) is 4.77. The van der Waals surface area contributed by atoms with Crippen LogP contribution < -0.4 is 5.32 Å². The average molecular weight is 451 g/mol. The van der Waals surface area contributed by atoms with Crippen molar-refractivity contribution >= 4 is 17.6 Å². The van der Waals surface area contributed by atoms with Crippen LogP contribution in [0.4, 0.5) is 13.2 Å². The first kappa shape index (κ1) is 24.0. The quantitative estimate of drug-likeness (QED) is 0.726. The van der Waals surface area contributed by atoms with Crippen molar-refractivity contribution in [3.05, 3.63) is 46.7 Å². The highest BCUT2D eigenvalue weighted by Crippen LogP contribution is 2.47. The minimum atomic E-state index is -5.19. The molecule has 1 aromatic carbocycles. The van der Waals surface area contributed by atoms with Gasteiger partial charge in [-0.25, -0.2) is 0 Å². The summed E-state index contributed by atoms with van der Waals surface area (Å²) in [4.78, 5) is 39.8. The van der Waals surface area contributed by atoms with E-state index in [0.717, 1.165) is 30.2 Å². The average Bonchev–Trinajstić information content (AvgIpc) is 3.26. The van der Waals surface area contributed by atoms with Crippen molar-refractivity contribution in [3.8, 4) is 0 Å². The van der Waals surface area contributed by atoms with Crippen LogP contribution in [0.15, 0.2) is 35.5 Å². The second-order valence-electron chi connectivity index (χ2n) is 9.66. The van der Waals surface area contributed by atoms with Crippen LogP contribution in [0.25, 0.3) is 0 Å². The molecule has 3 rings (SSSR count). The second-order valence-corrected chi connectivity index (χ2v) is 9.66. The number of carbonyl (C=O) groups excluding carboxylic acids is 3. The third kappa shape index (κ3) is 3.84. The summed E-state index contributed by atoms with van der Waals surface area (Å²) in [7, 11) is 0. The maximum absolute atomic E-state index is 14.6. The van der Waals surface area contributed by atoms with Crippen LogP contribution in [0.3, 0.4) is 0 Å². The molecule has 1 N–H and O–H groups in total. The Balaban J connectivity index is 2.07. The summed E-state index contributed by atoms with van der Waals surface area (Å²) in [6.45, 7) is 8.27. The first-order valence-electron chi connectivity index (χ1n) is 10.8. The maximum Gasteiger partial charge on any atom is 0.425 e. The highest BCUT2D eigenvalue weighted by atomic mass is 19.4. The van der Waals surface area contributed by atoms with E-state index in [0.29, 0.717) is 12.8 Å². The second kappa shape index (κ2) is 8.05. The van der Waals surface area contributed by atoms with E-state index in [2.05, 4.69) is 0 Å². The van der Waals surface area contributed by atoms with Crippen molar-refractivity contribution in [3.63, 3.8) is 0 Å². The molecule has 1 fully saturated rings. The molecular formula is C24H29F3N2O3. The molecular weight excluding hydrogens is 421 g/mol. The highest BCUT2D eigenvalue weighted by Gasteiger charge is 2.70. The minimum Gasteiger partial charge on any atom is -0.326 e. The summed E-state index contributed by atoms with van der Waals surface area (Å²) in [6, 6.07) is 5.78. The number of hydrogen-bond donors (Lipinski definition) is 1. The van der Waals surface area contributed by atoms with Gasteiger partial charge in [0.05, 0.1) is 5.57 Å². The lowest BCUT2D eigenvalue weighted by Crippen LogP contribution is -2.66. The van der Waals surface area contributed by atoms with E-state index in [1.807, 2.05) is 26.1 Å². The standard InChI is InChI=1S/C24H29F3N2O3/c1-14-19(15(2)30)23(24(25,26)27,21(32)29(14)18-8-6-7-9-18)28-20(31)16-10-12-17(13-11-16)22(3,4)5/h10-13,18H,6-9H2,1-5H3,(H,28,31)/t23-/m0/s1. The first-order chi connectivity index (χ1) is 14.7. The first-order valence-corrected chi connectivity index (χ1v) is 10.8. The number of alkyl halides is 3. The molecule has 32 heavy (non-hydrogen) atoms. The van der Waals surface area contributed by atoms with E-state index in [1.54, 1.807) is 12.1 Å². The molecule has 0 radical (unpaired) electrons. The lowest BCUT2D eigenvalue weighted by Gasteiger charge is -2.34. The van der Waals surface area contributed by atoms with Gasteiger partial charge in [-0.15, -0.1) is 0 Å². The van der Waals surface area contributed by atoms with Crippen molar-refractivity contribution in [1.82, 2.24) is 10.2 Å². The van der Waals surface area contributed by atoms with E-state index in [1.165, 1.54) is 19.1 Å². The van der Waals surface area contributed by atoms with Gasteiger partial charge < -0.3 is 10.2 Å². The van der Waals surface area contributed by atoms with Gasteiger partial charge in [0.15, 0.2) is 5.78 Å². The number of carbonyl (C=O) groups is 3. The molecule has 1 heterocycles. The summed E-state index contributed by atoms with van der Waals surface area (Å²) in [5, 5.41) is 1.94. The molecule has 1 atom stereocenters. The largest absolute Gasteiger partial charge is 0.425 e. The fraction of sp³-hybridized carbons (Fsp3) is 0.542. The number of halogens is 3. The van der Waals surface area contributed by atoms with Crippen LogP contribution in [-0.2, 0) is 15.0 Å². The number of benzene rings is 1. The monoisotopic (exact) mass is 450 g/mol. The van der Waals surface area contributed by atoms with Gasteiger partial charge in [-0.2, -0.15) is 13.2 Å². The van der Waals surface area contributed by atoms with Gasteiger partial charge >= 0.3 is 6.18 Å². The molecule has 2 aliphatic rings. The molecule has 0 bridgehead atoms. The van der Waals surface area contributed by atoms with E-state index >= 15 is 0 Å². The highest BCUT2D eigenvalue weighted by molar-refractivity contribution is 6.13. The number of nitrogens with one attached hydrogen (secondary N) is 1. The predicted molar refractivity (Wildman–Crippen MR) is 114 cm³/mol. The van der Waals surface area contributed by atoms with Gasteiger partial charge in [-0.1, -0.05) is 45.7 Å². The van der Waals surface area contributed by atoms with Crippen molar-refractivity contribution in [2.75, 3.05) is 0 Å². The molecule has 1 saturated carbocycles. The smallest absolute Gasteiger partial charge is 0.326 e. The minimum absolute atomic E-state index is 0.0192. The molecule has 0 unspecified atom stereocenters. The number of allylic oxidation sites excluding steroid dienone is 1. The Kier molecular flexibility index (Phi) is 6.04. The van der Waals surface area contributed by atoms with Crippen LogP contribution in [0.1, 0.15) is 76.2 Å². The Morgan fingerprint density at radius 1 is 1.06 bits per heavy atom. The Labute approximate surface area is 186 Å². The summed E-state index contributed by atoms with van der Waals surface area (Å²) >= 11 is 0. The normalized spacial score (nSPS) is 22.6. The Bertz CT molecular complexity index is 968. The molecule has 2 amide bonds. The zero-order valence-corrected chi connectivity index (χ0v) is 19.0. The van der Waals surface area contributed by atoms with Crippen LogP contribution in [0.2, 0.25) is 0 Å². The topological polar surface area (TPSA) is 66.5 Å². The number of hydrogen-bond acceptors (Lipinski definition) is 3. The predicted octanol–water partition coefficient (Wildman–Crippen LogP) is 4.66. The zero-order chi connectivity index (χ0) is 24.1. The molecule has 8 heteroatoms. The summed E-state index contributed by atoms with van der Waals surface area (Å²) in [6.07, 6.45) is -2.49. The van der Waals surface area contributed by atoms with E-state index in [9.17, 15) is 27.6 Å². The fourth-order valence-corrected chi connectivity index (χ4v) is 4.77. The molecule has 174 valence electrons. The van der Waals surface area contributed by atoms with E-state index < -0.39 is 40.9 Å². The Hall–Kier alpha value is -2.64. The number of Topliss-reactive ketones (excluding diaryl/α,β-unsaturated/α-hetero) is 1. The molecule has 0 aromatic heterocycles. The number of nitrogens with zero attached hydrogens (tertiary/aromatic N) is 1. The van der Waals surface area contributed by atoms with Crippen LogP contribution in [0, 0.1) is 0 Å². The van der Waals surface area contributed by atoms with Crippen molar-refractivity contribution in [1.29, 1.82) is 0 Å². The Morgan fingerprint density at radius 3 is 2.03 bits per heavy atom. The van der Waals surface area contributed by atoms with Crippen molar-refractivity contribution in [2.24, 2.45) is 0 Å². The SMILES string of the molecule is CC(=O)C1=C(C)N(C2CCCC2)C(=O)[C@]1(NC(=O)c1ccc(C(C)(C)C)cc1)C(F)(F)F. The number of ketones is 1. The number of rotatable bonds is 4. The third-order valence-electron chi connectivity index (χ3n) is 6.42. The molecule has 1 aromatic rings. The van der Waals surface area contributed by atoms with Crippen LogP contribution in [0.5, 0.6) is 0 Å². The molecule has 1 aliphatic carbocycles. The van der Waals surface area contributed by atoms with Gasteiger partial charge in [0.2, 0.25) is 5.54 Å². The van der Waals surface area contributed by atoms with Crippen molar-refractivity contribution in [2.45, 2.75) is 83.5 Å². The van der Waals surface area contributed by atoms with Gasteiger partial charge in [-0.3, -0.25) is 14.4 Å². The summed E-state index contributed by atoms with van der Waals surface area (Å²) in [5.74, 6) is -3.26. The molecule has 5 nitrogen and oxygen atoms in total. The summed E-state index contributed by atoms with van der Waals surface area (Å²) in [5.41, 5.74) is -3.45. The van der Waals surface area contributed by atoms with Crippen LogP contribution >= 0.6 is 0 Å². The lowest BCUT2D eigenvalue weighted by molar-refractivity contribution is -0.191. The van der Waals surface area contributed by atoms with Gasteiger partial charge in [0.25, 0.3) is 11.8 Å². The Morgan fingerprint density at radius 2 is 1.59 bits per heavy atom.